The summed E-state index contributed by atoms with van der Waals surface area (Å²) >= 11 is 0. The zero-order chi connectivity index (χ0) is 30.0. The molecule has 0 saturated carbocycles. The van der Waals surface area contributed by atoms with E-state index in [-0.39, 0.29) is 12.3 Å². The summed E-state index contributed by atoms with van der Waals surface area (Å²) < 4.78 is 0. The lowest BCUT2D eigenvalue weighted by Crippen LogP contribution is -2.31. The second-order valence-electron chi connectivity index (χ2n) is 11.4. The summed E-state index contributed by atoms with van der Waals surface area (Å²) in [4.78, 5) is 37.1. The molecule has 0 fully saturated rings. The molecule has 0 heterocycles. The number of nitrogens with one attached hydrogen (secondary N) is 2. The Labute approximate surface area is 251 Å². The van der Waals surface area contributed by atoms with Crippen LogP contribution in [0.5, 0.6) is 0 Å². The number of carbonyl (C=O) groups is 3. The molecule has 1 unspecified atom stereocenters. The van der Waals surface area contributed by atoms with Crippen molar-refractivity contribution in [2.45, 2.75) is 103 Å². The first-order chi connectivity index (χ1) is 20.5. The maximum absolute atomic E-state index is 12.8. The summed E-state index contributed by atoms with van der Waals surface area (Å²) in [5.41, 5.74) is 1.93. The van der Waals surface area contributed by atoms with Crippen molar-refractivity contribution in [1.82, 2.24) is 0 Å². The van der Waals surface area contributed by atoms with Crippen molar-refractivity contribution in [2.75, 3.05) is 10.6 Å². The molecule has 3 aromatic carbocycles. The highest BCUT2D eigenvalue weighted by Crippen LogP contribution is 2.21. The lowest BCUT2D eigenvalue weighted by Gasteiger charge is -2.14. The number of hydrogen-bond donors (Lipinski definition) is 3. The molecule has 0 aliphatic rings. The van der Waals surface area contributed by atoms with Gasteiger partial charge in [0.1, 0.15) is 5.92 Å². The SMILES string of the molecule is CCCCCCCCCCCCCCCC(=O)Nc1ccc(NC(=O)C(Cc2ccc3ccccc3c2)C(=O)O)cc1. The van der Waals surface area contributed by atoms with Crippen molar-refractivity contribution >= 4 is 39.9 Å². The van der Waals surface area contributed by atoms with Gasteiger partial charge in [0, 0.05) is 17.8 Å². The summed E-state index contributed by atoms with van der Waals surface area (Å²) in [5, 5.41) is 17.4. The standard InChI is InChI=1S/C36H48N2O4/c1-2-3-4-5-6-7-8-9-10-11-12-13-14-19-34(39)37-31-22-24-32(25-23-31)38-35(40)33(36(41)42)27-28-20-21-29-17-15-16-18-30(29)26-28/h15-18,20-26,33H,2-14,19,27H2,1H3,(H,37,39)(H,38,40)(H,41,42). The largest absolute Gasteiger partial charge is 0.481 e. The number of benzene rings is 3. The first kappa shape index (κ1) is 32.8. The van der Waals surface area contributed by atoms with E-state index >= 15 is 0 Å². The summed E-state index contributed by atoms with van der Waals surface area (Å²) in [6.07, 6.45) is 17.1. The van der Waals surface area contributed by atoms with E-state index in [1.165, 1.54) is 70.6 Å². The Hall–Kier alpha value is -3.67. The average Bonchev–Trinajstić information content (AvgIpc) is 2.99. The van der Waals surface area contributed by atoms with E-state index in [9.17, 15) is 19.5 Å². The minimum atomic E-state index is -1.22. The third-order valence-corrected chi connectivity index (χ3v) is 7.81. The molecule has 0 aliphatic heterocycles. The number of hydrogen-bond acceptors (Lipinski definition) is 3. The fourth-order valence-electron chi connectivity index (χ4n) is 5.29. The summed E-state index contributed by atoms with van der Waals surface area (Å²) in [7, 11) is 0. The fraction of sp³-hybridized carbons (Fsp3) is 0.472. The summed E-state index contributed by atoms with van der Waals surface area (Å²) in [6, 6.07) is 20.4. The Morgan fingerprint density at radius 1 is 0.643 bits per heavy atom. The predicted octanol–water partition coefficient (Wildman–Crippen LogP) is 9.14. The third-order valence-electron chi connectivity index (χ3n) is 7.81. The molecule has 3 rings (SSSR count). The van der Waals surface area contributed by atoms with E-state index < -0.39 is 17.8 Å². The number of amides is 2. The van der Waals surface area contributed by atoms with Crippen LogP contribution in [0.1, 0.15) is 102 Å². The number of fused-ring (bicyclic) bond motifs is 1. The number of carboxylic acid groups (broad SMARTS) is 1. The monoisotopic (exact) mass is 572 g/mol. The van der Waals surface area contributed by atoms with Gasteiger partial charge in [-0.05, 0) is 53.4 Å². The Balaban J connectivity index is 1.32. The molecule has 2 amide bonds. The van der Waals surface area contributed by atoms with Crippen molar-refractivity contribution in [1.29, 1.82) is 0 Å². The van der Waals surface area contributed by atoms with Gasteiger partial charge in [-0.25, -0.2) is 0 Å². The molecule has 3 N–H and O–H groups in total. The molecular weight excluding hydrogens is 524 g/mol. The molecule has 0 radical (unpaired) electrons. The van der Waals surface area contributed by atoms with Gasteiger partial charge < -0.3 is 15.7 Å². The van der Waals surface area contributed by atoms with Crippen LogP contribution < -0.4 is 10.6 Å². The van der Waals surface area contributed by atoms with E-state index in [4.69, 9.17) is 0 Å². The number of rotatable bonds is 20. The van der Waals surface area contributed by atoms with Gasteiger partial charge in [0.15, 0.2) is 0 Å². The molecule has 6 heteroatoms. The molecule has 6 nitrogen and oxygen atoms in total. The molecule has 0 saturated heterocycles. The molecule has 1 atom stereocenters. The topological polar surface area (TPSA) is 95.5 Å². The van der Waals surface area contributed by atoms with Crippen molar-refractivity contribution in [3.63, 3.8) is 0 Å². The van der Waals surface area contributed by atoms with E-state index in [1.54, 1.807) is 24.3 Å². The fourth-order valence-corrected chi connectivity index (χ4v) is 5.29. The van der Waals surface area contributed by atoms with Gasteiger partial charge in [0.25, 0.3) is 0 Å². The third kappa shape index (κ3) is 12.1. The van der Waals surface area contributed by atoms with Crippen LogP contribution >= 0.6 is 0 Å². The Morgan fingerprint density at radius 2 is 1.17 bits per heavy atom. The van der Waals surface area contributed by atoms with Gasteiger partial charge in [0.05, 0.1) is 0 Å². The summed E-state index contributed by atoms with van der Waals surface area (Å²) in [5.74, 6) is -2.98. The number of unbranched alkanes of at least 4 members (excludes halogenated alkanes) is 12. The van der Waals surface area contributed by atoms with Crippen molar-refractivity contribution in [3.8, 4) is 0 Å². The first-order valence-electron chi connectivity index (χ1n) is 15.9. The number of aliphatic carboxylic acids is 1. The van der Waals surface area contributed by atoms with Gasteiger partial charge >= 0.3 is 5.97 Å². The quantitative estimate of drug-likeness (QED) is 0.0929. The number of anilines is 2. The van der Waals surface area contributed by atoms with Crippen LogP contribution in [0.15, 0.2) is 66.7 Å². The normalized spacial score (nSPS) is 11.7. The van der Waals surface area contributed by atoms with Crippen LogP contribution in [0.3, 0.4) is 0 Å². The lowest BCUT2D eigenvalue weighted by atomic mass is 9.96. The number of carboxylic acids is 1. The van der Waals surface area contributed by atoms with Crippen LogP contribution in [-0.4, -0.2) is 22.9 Å². The highest BCUT2D eigenvalue weighted by Gasteiger charge is 2.26. The van der Waals surface area contributed by atoms with E-state index in [0.717, 1.165) is 29.2 Å². The van der Waals surface area contributed by atoms with Gasteiger partial charge in [-0.15, -0.1) is 0 Å². The molecule has 42 heavy (non-hydrogen) atoms. The van der Waals surface area contributed by atoms with Gasteiger partial charge in [-0.3, -0.25) is 14.4 Å². The summed E-state index contributed by atoms with van der Waals surface area (Å²) in [6.45, 7) is 2.26. The zero-order valence-electron chi connectivity index (χ0n) is 25.2. The zero-order valence-corrected chi connectivity index (χ0v) is 25.2. The van der Waals surface area contributed by atoms with E-state index in [0.29, 0.717) is 17.8 Å². The van der Waals surface area contributed by atoms with Gasteiger partial charge in [-0.2, -0.15) is 0 Å². The average molecular weight is 573 g/mol. The van der Waals surface area contributed by atoms with E-state index in [2.05, 4.69) is 17.6 Å². The second-order valence-corrected chi connectivity index (χ2v) is 11.4. The van der Waals surface area contributed by atoms with Crippen LogP contribution in [0.2, 0.25) is 0 Å². The Morgan fingerprint density at radius 3 is 1.74 bits per heavy atom. The number of carbonyl (C=O) groups excluding carboxylic acids is 2. The maximum atomic E-state index is 12.8. The van der Waals surface area contributed by atoms with Crippen LogP contribution in [0, 0.1) is 5.92 Å². The molecule has 226 valence electrons. The minimum absolute atomic E-state index is 0.0174. The molecule has 3 aromatic rings. The Bertz CT molecular complexity index is 1250. The lowest BCUT2D eigenvalue weighted by molar-refractivity contribution is -0.145. The first-order valence-corrected chi connectivity index (χ1v) is 15.9. The molecule has 0 aliphatic carbocycles. The van der Waals surface area contributed by atoms with E-state index in [1.807, 2.05) is 42.5 Å². The highest BCUT2D eigenvalue weighted by molar-refractivity contribution is 6.04. The molecule has 0 spiro atoms. The van der Waals surface area contributed by atoms with Crippen molar-refractivity contribution < 1.29 is 19.5 Å². The van der Waals surface area contributed by atoms with Gasteiger partial charge in [0.2, 0.25) is 11.8 Å². The predicted molar refractivity (Wildman–Crippen MR) is 173 cm³/mol. The van der Waals surface area contributed by atoms with Crippen LogP contribution in [0.4, 0.5) is 11.4 Å². The van der Waals surface area contributed by atoms with Crippen LogP contribution in [0.25, 0.3) is 10.8 Å². The smallest absolute Gasteiger partial charge is 0.316 e. The highest BCUT2D eigenvalue weighted by atomic mass is 16.4. The van der Waals surface area contributed by atoms with Crippen molar-refractivity contribution in [2.24, 2.45) is 5.92 Å². The van der Waals surface area contributed by atoms with Gasteiger partial charge in [-0.1, -0.05) is 126 Å². The van der Waals surface area contributed by atoms with Crippen molar-refractivity contribution in [3.05, 3.63) is 72.3 Å². The maximum Gasteiger partial charge on any atom is 0.316 e. The second kappa shape index (κ2) is 18.7. The Kier molecular flexibility index (Phi) is 14.6. The minimum Gasteiger partial charge on any atom is -0.481 e. The van der Waals surface area contributed by atoms with Crippen LogP contribution in [-0.2, 0) is 20.8 Å². The molecule has 0 bridgehead atoms. The molecule has 0 aromatic heterocycles. The molecular formula is C36H48N2O4.